The highest BCUT2D eigenvalue weighted by Crippen LogP contribution is 2.26. The fraction of sp³-hybridized carbons (Fsp3) is 0.650. The van der Waals surface area contributed by atoms with Crippen LogP contribution in [0.2, 0.25) is 0 Å². The summed E-state index contributed by atoms with van der Waals surface area (Å²) >= 11 is 0. The van der Waals surface area contributed by atoms with Gasteiger partial charge < -0.3 is 10.2 Å². The van der Waals surface area contributed by atoms with Crippen molar-refractivity contribution in [2.75, 3.05) is 59.4 Å². The van der Waals surface area contributed by atoms with Crippen molar-refractivity contribution in [2.24, 2.45) is 0 Å². The van der Waals surface area contributed by atoms with E-state index in [-0.39, 0.29) is 17.8 Å². The number of carbonyl (C=O) groups excluding carboxylic acids is 1. The van der Waals surface area contributed by atoms with Crippen LogP contribution in [0.1, 0.15) is 30.9 Å². The van der Waals surface area contributed by atoms with E-state index >= 15 is 0 Å². The number of rotatable bonds is 6. The molecule has 0 saturated carbocycles. The minimum Gasteiger partial charge on any atom is -0.353 e. The van der Waals surface area contributed by atoms with Crippen molar-refractivity contribution in [3.05, 3.63) is 35.6 Å². The molecule has 2 saturated heterocycles. The predicted octanol–water partition coefficient (Wildman–Crippen LogP) is 1.72. The number of hydrogen-bond acceptors (Lipinski definition) is 4. The van der Waals surface area contributed by atoms with Crippen LogP contribution in [0.3, 0.4) is 0 Å². The molecule has 26 heavy (non-hydrogen) atoms. The molecule has 1 N–H and O–H groups in total. The molecule has 1 amide bonds. The quantitative estimate of drug-likeness (QED) is 0.836. The summed E-state index contributed by atoms with van der Waals surface area (Å²) in [6, 6.07) is 6.85. The third kappa shape index (κ3) is 5.25. The fourth-order valence-corrected chi connectivity index (χ4v) is 3.96. The first-order chi connectivity index (χ1) is 12.6. The highest BCUT2D eigenvalue weighted by molar-refractivity contribution is 5.78. The van der Waals surface area contributed by atoms with E-state index in [1.54, 1.807) is 6.07 Å². The van der Waals surface area contributed by atoms with E-state index in [1.165, 1.54) is 6.07 Å². The summed E-state index contributed by atoms with van der Waals surface area (Å²) in [6.07, 6.45) is 3.37. The average Bonchev–Trinajstić information content (AvgIpc) is 3.08. The van der Waals surface area contributed by atoms with Crippen LogP contribution in [0, 0.1) is 5.82 Å². The molecule has 3 rings (SSSR count). The van der Waals surface area contributed by atoms with E-state index in [1.807, 2.05) is 12.1 Å². The molecule has 5 nitrogen and oxygen atoms in total. The normalized spacial score (nSPS) is 21.5. The number of nitrogens with zero attached hydrogens (tertiary/aromatic N) is 3. The van der Waals surface area contributed by atoms with Crippen LogP contribution < -0.4 is 5.32 Å². The molecule has 0 radical (unpaired) electrons. The minimum absolute atomic E-state index is 0.0371. The molecule has 6 heteroatoms. The molecule has 2 aliphatic rings. The highest BCUT2D eigenvalue weighted by atomic mass is 19.1. The fourth-order valence-electron chi connectivity index (χ4n) is 3.96. The zero-order chi connectivity index (χ0) is 18.4. The van der Waals surface area contributed by atoms with Crippen LogP contribution in [-0.2, 0) is 4.79 Å². The van der Waals surface area contributed by atoms with Crippen molar-refractivity contribution in [1.29, 1.82) is 0 Å². The first kappa shape index (κ1) is 19.3. The molecule has 1 unspecified atom stereocenters. The lowest BCUT2D eigenvalue weighted by molar-refractivity contribution is -0.122. The first-order valence-electron chi connectivity index (χ1n) is 9.79. The van der Waals surface area contributed by atoms with Crippen molar-refractivity contribution in [3.63, 3.8) is 0 Å². The Bertz CT molecular complexity index is 591. The topological polar surface area (TPSA) is 38.8 Å². The second kappa shape index (κ2) is 9.44. The number of amides is 1. The van der Waals surface area contributed by atoms with Gasteiger partial charge in [0.25, 0.3) is 0 Å². The maximum absolute atomic E-state index is 14.3. The van der Waals surface area contributed by atoms with Crippen molar-refractivity contribution in [1.82, 2.24) is 20.0 Å². The van der Waals surface area contributed by atoms with Crippen LogP contribution in [0.5, 0.6) is 0 Å². The molecule has 0 aliphatic carbocycles. The lowest BCUT2D eigenvalue weighted by atomic mass is 10.0. The number of hydrogen-bond donors (Lipinski definition) is 1. The highest BCUT2D eigenvalue weighted by Gasteiger charge is 2.26. The summed E-state index contributed by atoms with van der Waals surface area (Å²) < 4.78 is 14.3. The van der Waals surface area contributed by atoms with Crippen molar-refractivity contribution in [3.8, 4) is 0 Å². The molecule has 1 aromatic carbocycles. The van der Waals surface area contributed by atoms with Gasteiger partial charge in [-0.3, -0.25) is 14.6 Å². The zero-order valence-corrected chi connectivity index (χ0v) is 15.8. The van der Waals surface area contributed by atoms with E-state index in [2.05, 4.69) is 27.1 Å². The summed E-state index contributed by atoms with van der Waals surface area (Å²) in [5, 5.41) is 3.06. The number of benzene rings is 1. The third-order valence-electron chi connectivity index (χ3n) is 5.52. The van der Waals surface area contributed by atoms with Crippen LogP contribution in [0.4, 0.5) is 4.39 Å². The van der Waals surface area contributed by atoms with Gasteiger partial charge in [-0.15, -0.1) is 0 Å². The summed E-state index contributed by atoms with van der Waals surface area (Å²) in [4.78, 5) is 19.3. The standard InChI is InChI=1S/C20H31FN4O/c1-23-9-6-10-24(14-13-23)16-20(26)22-15-19(25-11-4-5-12-25)17-7-2-3-8-18(17)21/h2-3,7-8,19H,4-6,9-16H2,1H3,(H,22,26). The largest absolute Gasteiger partial charge is 0.353 e. The molecule has 2 aliphatic heterocycles. The molecule has 1 atom stereocenters. The van der Waals surface area contributed by atoms with Gasteiger partial charge in [0.1, 0.15) is 5.82 Å². The van der Waals surface area contributed by atoms with Crippen LogP contribution >= 0.6 is 0 Å². The third-order valence-corrected chi connectivity index (χ3v) is 5.52. The Balaban J connectivity index is 1.57. The second-order valence-electron chi connectivity index (χ2n) is 7.52. The minimum atomic E-state index is -0.186. The van der Waals surface area contributed by atoms with E-state index in [4.69, 9.17) is 0 Å². The van der Waals surface area contributed by atoms with Gasteiger partial charge in [0.15, 0.2) is 0 Å². The summed E-state index contributed by atoms with van der Waals surface area (Å²) in [5.41, 5.74) is 0.686. The maximum Gasteiger partial charge on any atom is 0.234 e. The SMILES string of the molecule is CN1CCCN(CC(=O)NCC(c2ccccc2F)N2CCCC2)CC1. The Labute approximate surface area is 156 Å². The number of likely N-dealkylation sites (N-methyl/N-ethyl adjacent to an activating group) is 1. The van der Waals surface area contributed by atoms with Gasteiger partial charge in [-0.1, -0.05) is 18.2 Å². The summed E-state index contributed by atoms with van der Waals surface area (Å²) in [7, 11) is 2.12. The predicted molar refractivity (Wildman–Crippen MR) is 102 cm³/mol. The van der Waals surface area contributed by atoms with Crippen LogP contribution in [0.25, 0.3) is 0 Å². The smallest absolute Gasteiger partial charge is 0.234 e. The molecule has 1 aromatic rings. The monoisotopic (exact) mass is 362 g/mol. The van der Waals surface area contributed by atoms with E-state index in [0.717, 1.165) is 58.5 Å². The summed E-state index contributed by atoms with van der Waals surface area (Å²) in [6.45, 7) is 6.79. The molecular formula is C20H31FN4O. The molecule has 2 fully saturated rings. The maximum atomic E-state index is 14.3. The number of likely N-dealkylation sites (tertiary alicyclic amines) is 1. The molecule has 144 valence electrons. The van der Waals surface area contributed by atoms with Crippen LogP contribution in [0.15, 0.2) is 24.3 Å². The Morgan fingerprint density at radius 3 is 2.62 bits per heavy atom. The van der Waals surface area contributed by atoms with Gasteiger partial charge in [0.05, 0.1) is 12.6 Å². The van der Waals surface area contributed by atoms with E-state index in [0.29, 0.717) is 18.7 Å². The number of nitrogens with one attached hydrogen (secondary N) is 1. The second-order valence-corrected chi connectivity index (χ2v) is 7.52. The van der Waals surface area contributed by atoms with Crippen molar-refractivity contribution >= 4 is 5.91 Å². The molecule has 2 heterocycles. The van der Waals surface area contributed by atoms with Gasteiger partial charge in [-0.25, -0.2) is 4.39 Å². The summed E-state index contributed by atoms with van der Waals surface area (Å²) in [5.74, 6) is -0.149. The Hall–Kier alpha value is -1.50. The Morgan fingerprint density at radius 1 is 1.08 bits per heavy atom. The van der Waals surface area contributed by atoms with Gasteiger partial charge >= 0.3 is 0 Å². The van der Waals surface area contributed by atoms with Crippen molar-refractivity contribution < 1.29 is 9.18 Å². The van der Waals surface area contributed by atoms with E-state index in [9.17, 15) is 9.18 Å². The number of carbonyl (C=O) groups is 1. The zero-order valence-electron chi connectivity index (χ0n) is 15.8. The molecular weight excluding hydrogens is 331 g/mol. The number of halogens is 1. The van der Waals surface area contributed by atoms with Crippen LogP contribution in [-0.4, -0.2) is 80.0 Å². The van der Waals surface area contributed by atoms with Gasteiger partial charge in [-0.2, -0.15) is 0 Å². The average molecular weight is 362 g/mol. The van der Waals surface area contributed by atoms with E-state index < -0.39 is 0 Å². The lowest BCUT2D eigenvalue weighted by Crippen LogP contribution is -2.42. The van der Waals surface area contributed by atoms with Gasteiger partial charge in [0.2, 0.25) is 5.91 Å². The van der Waals surface area contributed by atoms with Crippen molar-refractivity contribution in [2.45, 2.75) is 25.3 Å². The van der Waals surface area contributed by atoms with Gasteiger partial charge in [-0.05, 0) is 58.6 Å². The Kier molecular flexibility index (Phi) is 7.00. The Morgan fingerprint density at radius 2 is 1.85 bits per heavy atom. The van der Waals surface area contributed by atoms with Gasteiger partial charge in [0, 0.05) is 25.2 Å². The lowest BCUT2D eigenvalue weighted by Gasteiger charge is -2.29. The molecule has 0 aromatic heterocycles. The molecule has 0 spiro atoms. The molecule has 0 bridgehead atoms. The first-order valence-corrected chi connectivity index (χ1v) is 9.79.